The van der Waals surface area contributed by atoms with Gasteiger partial charge in [0, 0.05) is 13.0 Å². The second-order valence-electron chi connectivity index (χ2n) is 9.82. The van der Waals surface area contributed by atoms with E-state index in [0.717, 1.165) is 25.7 Å². The molecule has 202 valence electrons. The van der Waals surface area contributed by atoms with Gasteiger partial charge in [-0.3, -0.25) is 4.79 Å². The maximum atomic E-state index is 11.7. The summed E-state index contributed by atoms with van der Waals surface area (Å²) in [6.45, 7) is 5.18. The minimum atomic E-state index is -0.524. The Kier molecular flexibility index (Phi) is 27.6. The largest absolute Gasteiger partial charge is 0.457 e. The number of allylic oxidation sites excluding steroid dienone is 2. The molecule has 0 amide bonds. The van der Waals surface area contributed by atoms with Crippen molar-refractivity contribution in [2.75, 3.05) is 19.8 Å². The number of carbonyl (C=O) groups is 1. The van der Waals surface area contributed by atoms with Crippen LogP contribution in [0.15, 0.2) is 12.2 Å². The fourth-order valence-electron chi connectivity index (χ4n) is 4.08. The second kappa shape index (κ2) is 28.4. The summed E-state index contributed by atoms with van der Waals surface area (Å²) in [7, 11) is 0. The van der Waals surface area contributed by atoms with E-state index in [9.17, 15) is 9.90 Å². The number of aliphatic hydroxyl groups is 1. The molecule has 0 aliphatic heterocycles. The zero-order chi connectivity index (χ0) is 25.0. The zero-order valence-corrected chi connectivity index (χ0v) is 22.9. The Morgan fingerprint density at radius 1 is 0.676 bits per heavy atom. The van der Waals surface area contributed by atoms with Crippen molar-refractivity contribution in [1.29, 1.82) is 0 Å². The molecule has 1 unspecified atom stereocenters. The molecule has 0 aliphatic carbocycles. The van der Waals surface area contributed by atoms with Gasteiger partial charge in [0.1, 0.15) is 6.10 Å². The molecule has 34 heavy (non-hydrogen) atoms. The lowest BCUT2D eigenvalue weighted by Crippen LogP contribution is -2.27. The molecule has 0 aromatic rings. The van der Waals surface area contributed by atoms with Gasteiger partial charge >= 0.3 is 5.97 Å². The molecule has 0 aromatic carbocycles. The van der Waals surface area contributed by atoms with E-state index in [4.69, 9.17) is 9.47 Å². The molecular weight excluding hydrogens is 424 g/mol. The average Bonchev–Trinajstić information content (AvgIpc) is 2.84. The standard InChI is InChI=1S/C30H58O4/c1-3-5-7-8-9-10-11-12-13-14-15-16-17-18-19-20-21-22-24-26-33-28-29(27-31)34-30(32)25-23-6-4-2/h13-14,29,31H,3-12,15-28H2,1-2H3/b14-13-. The average molecular weight is 483 g/mol. The van der Waals surface area contributed by atoms with Gasteiger partial charge in [-0.15, -0.1) is 0 Å². The highest BCUT2D eigenvalue weighted by Gasteiger charge is 2.13. The number of hydrogen-bond acceptors (Lipinski definition) is 4. The predicted molar refractivity (Wildman–Crippen MR) is 145 cm³/mol. The number of aliphatic hydroxyl groups excluding tert-OH is 1. The predicted octanol–water partition coefficient (Wildman–Crippen LogP) is 8.70. The number of rotatable bonds is 27. The van der Waals surface area contributed by atoms with E-state index < -0.39 is 6.10 Å². The van der Waals surface area contributed by atoms with Crippen LogP contribution in [0, 0.1) is 0 Å². The summed E-state index contributed by atoms with van der Waals surface area (Å²) in [5, 5.41) is 9.35. The third-order valence-corrected chi connectivity index (χ3v) is 6.34. The Labute approximate surface area is 212 Å². The number of ether oxygens (including phenoxy) is 2. The van der Waals surface area contributed by atoms with Gasteiger partial charge in [-0.25, -0.2) is 0 Å². The zero-order valence-electron chi connectivity index (χ0n) is 22.9. The van der Waals surface area contributed by atoms with Crippen LogP contribution >= 0.6 is 0 Å². The quantitative estimate of drug-likeness (QED) is 0.0722. The van der Waals surface area contributed by atoms with Crippen LogP contribution in [0.25, 0.3) is 0 Å². The molecule has 4 heteroatoms. The molecule has 0 radical (unpaired) electrons. The van der Waals surface area contributed by atoms with Crippen molar-refractivity contribution in [2.45, 2.75) is 155 Å². The lowest BCUT2D eigenvalue weighted by molar-refractivity contribution is -0.154. The Morgan fingerprint density at radius 3 is 1.68 bits per heavy atom. The van der Waals surface area contributed by atoms with Gasteiger partial charge in [-0.2, -0.15) is 0 Å². The highest BCUT2D eigenvalue weighted by atomic mass is 16.6. The molecule has 1 atom stereocenters. The summed E-state index contributed by atoms with van der Waals surface area (Å²) < 4.78 is 10.9. The number of unbranched alkanes of at least 4 members (excludes halogenated alkanes) is 17. The van der Waals surface area contributed by atoms with E-state index in [0.29, 0.717) is 19.6 Å². The van der Waals surface area contributed by atoms with Gasteiger partial charge < -0.3 is 14.6 Å². The summed E-state index contributed by atoms with van der Waals surface area (Å²) in [4.78, 5) is 11.7. The molecule has 0 bridgehead atoms. The maximum absolute atomic E-state index is 11.7. The van der Waals surface area contributed by atoms with Crippen LogP contribution in [0.3, 0.4) is 0 Å². The minimum Gasteiger partial charge on any atom is -0.457 e. The molecule has 0 saturated heterocycles. The summed E-state index contributed by atoms with van der Waals surface area (Å²) in [5.74, 6) is -0.226. The lowest BCUT2D eigenvalue weighted by Gasteiger charge is -2.15. The number of carbonyl (C=O) groups excluding carboxylic acids is 1. The van der Waals surface area contributed by atoms with Crippen molar-refractivity contribution in [3.05, 3.63) is 12.2 Å². The Morgan fingerprint density at radius 2 is 1.15 bits per heavy atom. The highest BCUT2D eigenvalue weighted by Crippen LogP contribution is 2.12. The normalized spacial score (nSPS) is 12.4. The summed E-state index contributed by atoms with van der Waals surface area (Å²) in [6, 6.07) is 0. The van der Waals surface area contributed by atoms with Crippen LogP contribution in [-0.2, 0) is 14.3 Å². The topological polar surface area (TPSA) is 55.8 Å². The first kappa shape index (κ1) is 33.1. The maximum Gasteiger partial charge on any atom is 0.306 e. The van der Waals surface area contributed by atoms with Crippen LogP contribution in [0.5, 0.6) is 0 Å². The van der Waals surface area contributed by atoms with Gasteiger partial charge in [-0.05, 0) is 38.5 Å². The molecule has 0 aliphatic rings. The van der Waals surface area contributed by atoms with Crippen LogP contribution in [0.4, 0.5) is 0 Å². The first-order valence-corrected chi connectivity index (χ1v) is 14.8. The number of hydrogen-bond donors (Lipinski definition) is 1. The van der Waals surface area contributed by atoms with Crippen molar-refractivity contribution >= 4 is 5.97 Å². The third-order valence-electron chi connectivity index (χ3n) is 6.34. The summed E-state index contributed by atoms with van der Waals surface area (Å²) >= 11 is 0. The molecule has 0 rings (SSSR count). The Hall–Kier alpha value is -0.870. The second-order valence-corrected chi connectivity index (χ2v) is 9.82. The Balaban J connectivity index is 3.32. The van der Waals surface area contributed by atoms with Crippen LogP contribution < -0.4 is 0 Å². The van der Waals surface area contributed by atoms with Gasteiger partial charge in [0.05, 0.1) is 13.2 Å². The van der Waals surface area contributed by atoms with E-state index in [1.54, 1.807) is 0 Å². The molecule has 0 saturated carbocycles. The van der Waals surface area contributed by atoms with E-state index in [2.05, 4.69) is 26.0 Å². The van der Waals surface area contributed by atoms with E-state index >= 15 is 0 Å². The molecular formula is C30H58O4. The first-order chi connectivity index (χ1) is 16.7. The van der Waals surface area contributed by atoms with Gasteiger partial charge in [0.2, 0.25) is 0 Å². The summed E-state index contributed by atoms with van der Waals surface area (Å²) in [6.07, 6.45) is 30.1. The monoisotopic (exact) mass is 482 g/mol. The van der Waals surface area contributed by atoms with Gasteiger partial charge in [0.25, 0.3) is 0 Å². The number of esters is 1. The van der Waals surface area contributed by atoms with Crippen molar-refractivity contribution in [1.82, 2.24) is 0 Å². The van der Waals surface area contributed by atoms with Crippen molar-refractivity contribution in [3.63, 3.8) is 0 Å². The molecule has 1 N–H and O–H groups in total. The first-order valence-electron chi connectivity index (χ1n) is 14.8. The van der Waals surface area contributed by atoms with Crippen molar-refractivity contribution < 1.29 is 19.4 Å². The van der Waals surface area contributed by atoms with Crippen LogP contribution in [0.2, 0.25) is 0 Å². The highest BCUT2D eigenvalue weighted by molar-refractivity contribution is 5.69. The molecule has 4 nitrogen and oxygen atoms in total. The van der Waals surface area contributed by atoms with Crippen LogP contribution in [-0.4, -0.2) is 37.0 Å². The van der Waals surface area contributed by atoms with E-state index in [1.807, 2.05) is 0 Å². The summed E-state index contributed by atoms with van der Waals surface area (Å²) in [5.41, 5.74) is 0. The molecule has 0 aromatic heterocycles. The SMILES string of the molecule is CCCCCCCCC/C=C\CCCCCCCCCCOCC(CO)OC(=O)CCCCC. The van der Waals surface area contributed by atoms with E-state index in [-0.39, 0.29) is 12.6 Å². The smallest absolute Gasteiger partial charge is 0.306 e. The minimum absolute atomic E-state index is 0.172. The Bertz CT molecular complexity index is 436. The molecule has 0 spiro atoms. The third kappa shape index (κ3) is 25.7. The van der Waals surface area contributed by atoms with Crippen molar-refractivity contribution in [2.24, 2.45) is 0 Å². The van der Waals surface area contributed by atoms with E-state index in [1.165, 1.54) is 103 Å². The fraction of sp³-hybridized carbons (Fsp3) is 0.900. The van der Waals surface area contributed by atoms with Crippen molar-refractivity contribution in [3.8, 4) is 0 Å². The molecule has 0 fully saturated rings. The fourth-order valence-corrected chi connectivity index (χ4v) is 4.08. The van der Waals surface area contributed by atoms with Gasteiger partial charge in [0.15, 0.2) is 0 Å². The molecule has 0 heterocycles. The van der Waals surface area contributed by atoms with Crippen LogP contribution in [0.1, 0.15) is 149 Å². The lowest BCUT2D eigenvalue weighted by atomic mass is 10.1. The van der Waals surface area contributed by atoms with Gasteiger partial charge in [-0.1, -0.05) is 116 Å².